The molecule has 65 heavy (non-hydrogen) atoms. The monoisotopic (exact) mass is 829 g/mol. The molecule has 5 aromatic heterocycles. The van der Waals surface area contributed by atoms with Gasteiger partial charge in [0.05, 0.1) is 61.3 Å². The number of fused-ring (bicyclic) bond motifs is 18. The summed E-state index contributed by atoms with van der Waals surface area (Å²) in [5, 5.41) is 7.24. The van der Waals surface area contributed by atoms with E-state index in [0.29, 0.717) is 0 Å². The first-order chi connectivity index (χ1) is 32.3. The maximum atomic E-state index is 7.30. The van der Waals surface area contributed by atoms with Crippen LogP contribution < -0.4 is 4.74 Å². The summed E-state index contributed by atoms with van der Waals surface area (Å²) in [4.78, 5) is 10.3. The highest BCUT2D eigenvalue weighted by atomic mass is 16.5. The van der Waals surface area contributed by atoms with Crippen LogP contribution in [-0.4, -0.2) is 23.7 Å². The highest BCUT2D eigenvalue weighted by molar-refractivity contribution is 6.13. The van der Waals surface area contributed by atoms with Gasteiger partial charge >= 0.3 is 0 Å². The fraction of sp³-hybridized carbons (Fsp3) is 0.0169. The van der Waals surface area contributed by atoms with Crippen molar-refractivity contribution >= 4 is 65.4 Å². The van der Waals surface area contributed by atoms with E-state index >= 15 is 0 Å². The molecule has 1 aliphatic carbocycles. The summed E-state index contributed by atoms with van der Waals surface area (Å²) in [5.74, 6) is 1.60. The van der Waals surface area contributed by atoms with Crippen molar-refractivity contribution in [2.75, 3.05) is 0 Å². The number of ether oxygens (including phenoxy) is 1. The predicted octanol–water partition coefficient (Wildman–Crippen LogP) is 14.2. The Bertz CT molecular complexity index is 4040. The van der Waals surface area contributed by atoms with Gasteiger partial charge in [0.25, 0.3) is 0 Å². The third-order valence-corrected chi connectivity index (χ3v) is 14.2. The second kappa shape index (κ2) is 12.7. The molecule has 0 unspecified atom stereocenters. The van der Waals surface area contributed by atoms with E-state index in [9.17, 15) is 0 Å². The summed E-state index contributed by atoms with van der Waals surface area (Å²) < 4.78 is 14.6. The molecular formula is C59H35N5O. The van der Waals surface area contributed by atoms with Gasteiger partial charge in [-0.2, -0.15) is 0 Å². The second-order valence-corrected chi connectivity index (χ2v) is 17.2. The van der Waals surface area contributed by atoms with Gasteiger partial charge in [0.15, 0.2) is 0 Å². The van der Waals surface area contributed by atoms with Crippen molar-refractivity contribution < 1.29 is 4.74 Å². The summed E-state index contributed by atoms with van der Waals surface area (Å²) in [6.07, 6.45) is 3.79. The highest BCUT2D eigenvalue weighted by Crippen LogP contribution is 2.64. The third kappa shape index (κ3) is 4.38. The first-order valence-corrected chi connectivity index (χ1v) is 22.2. The Morgan fingerprint density at radius 2 is 0.738 bits per heavy atom. The predicted molar refractivity (Wildman–Crippen MR) is 262 cm³/mol. The molecule has 0 bridgehead atoms. The van der Waals surface area contributed by atoms with Crippen LogP contribution >= 0.6 is 0 Å². The zero-order valence-electron chi connectivity index (χ0n) is 34.9. The smallest absolute Gasteiger partial charge is 0.134 e. The number of benzene rings is 8. The second-order valence-electron chi connectivity index (χ2n) is 17.2. The first-order valence-electron chi connectivity index (χ1n) is 22.2. The van der Waals surface area contributed by atoms with Crippen LogP contribution in [0, 0.1) is 0 Å². The molecule has 0 atom stereocenters. The van der Waals surface area contributed by atoms with Crippen molar-refractivity contribution in [3.05, 3.63) is 235 Å². The maximum absolute atomic E-state index is 7.30. The molecule has 15 rings (SSSR count). The Balaban J connectivity index is 1.07. The Morgan fingerprint density at radius 1 is 0.338 bits per heavy atom. The molecule has 13 aromatic rings. The minimum absolute atomic E-state index is 0.800. The molecule has 6 heterocycles. The molecule has 8 aromatic carbocycles. The first kappa shape index (κ1) is 34.8. The van der Waals surface area contributed by atoms with E-state index < -0.39 is 5.41 Å². The van der Waals surface area contributed by atoms with Gasteiger partial charge < -0.3 is 18.4 Å². The SMILES string of the molecule is c1cc2c(c(-n3c4ccccc4c4ccccc43)c1)C1(c3cccnc3-c3ncccc31)c1c(cccc1-n1c3ccccc3c3cc(-n4c5ccccc5c5ccccc54)ccc31)O2. The van der Waals surface area contributed by atoms with E-state index in [1.165, 1.54) is 43.4 Å². The minimum Gasteiger partial charge on any atom is -0.457 e. The number of nitrogens with zero attached hydrogens (tertiary/aromatic N) is 5. The molecule has 6 heteroatoms. The molecule has 0 saturated heterocycles. The number of pyridine rings is 2. The summed E-state index contributed by atoms with van der Waals surface area (Å²) in [5.41, 5.74) is 15.2. The van der Waals surface area contributed by atoms with E-state index in [4.69, 9.17) is 14.7 Å². The van der Waals surface area contributed by atoms with E-state index in [1.807, 2.05) is 12.4 Å². The van der Waals surface area contributed by atoms with E-state index in [2.05, 4.69) is 214 Å². The quantitative estimate of drug-likeness (QED) is 0.178. The van der Waals surface area contributed by atoms with Gasteiger partial charge in [0.2, 0.25) is 0 Å². The fourth-order valence-electron chi connectivity index (χ4n) is 11.8. The Labute approximate surface area is 372 Å². The van der Waals surface area contributed by atoms with Crippen molar-refractivity contribution in [2.45, 2.75) is 5.41 Å². The molecule has 302 valence electrons. The topological polar surface area (TPSA) is 49.8 Å². The summed E-state index contributed by atoms with van der Waals surface area (Å²) >= 11 is 0. The average Bonchev–Trinajstić information content (AvgIpc) is 4.08. The third-order valence-electron chi connectivity index (χ3n) is 14.2. The lowest BCUT2D eigenvalue weighted by molar-refractivity contribution is 0.435. The average molecular weight is 830 g/mol. The van der Waals surface area contributed by atoms with Crippen LogP contribution in [0.4, 0.5) is 0 Å². The summed E-state index contributed by atoms with van der Waals surface area (Å²) in [6, 6.07) is 72.4. The number of hydrogen-bond acceptors (Lipinski definition) is 3. The minimum atomic E-state index is -0.892. The van der Waals surface area contributed by atoms with Crippen molar-refractivity contribution in [3.8, 4) is 39.9 Å². The van der Waals surface area contributed by atoms with Gasteiger partial charge in [-0.3, -0.25) is 9.97 Å². The van der Waals surface area contributed by atoms with Crippen LogP contribution in [0.2, 0.25) is 0 Å². The molecule has 2 aliphatic rings. The molecule has 0 fully saturated rings. The number of hydrogen-bond donors (Lipinski definition) is 0. The zero-order valence-corrected chi connectivity index (χ0v) is 34.9. The van der Waals surface area contributed by atoms with E-state index in [0.717, 1.165) is 84.3 Å². The normalized spacial score (nSPS) is 13.5. The van der Waals surface area contributed by atoms with Crippen molar-refractivity contribution in [2.24, 2.45) is 0 Å². The van der Waals surface area contributed by atoms with Crippen molar-refractivity contribution in [1.82, 2.24) is 23.7 Å². The van der Waals surface area contributed by atoms with Crippen molar-refractivity contribution in [3.63, 3.8) is 0 Å². The Hall–Kier alpha value is -8.74. The largest absolute Gasteiger partial charge is 0.457 e. The molecule has 0 N–H and O–H groups in total. The van der Waals surface area contributed by atoms with Gasteiger partial charge in [0.1, 0.15) is 11.5 Å². The Kier molecular flexibility index (Phi) is 6.79. The van der Waals surface area contributed by atoms with Crippen LogP contribution in [0.25, 0.3) is 93.9 Å². The molecular weight excluding hydrogens is 795 g/mol. The molecule has 1 spiro atoms. The molecule has 6 nitrogen and oxygen atoms in total. The van der Waals surface area contributed by atoms with Crippen LogP contribution in [0.5, 0.6) is 11.5 Å². The number of aromatic nitrogens is 5. The standard InChI is InChI=1S/C59H35N5O/c1-6-22-45-37(15-1)38-16-2-7-23-46(38)62(45)36-31-32-50-42(35-36)41-19-5-10-26-49(41)64(50)52-28-12-30-54-56(52)59(43-20-13-33-60-57(43)58-44(59)21-14-34-61-58)55-51(27-11-29-53(55)65-54)63-47-24-8-3-17-39(47)40-18-4-9-25-48(40)63/h1-35H. The number of rotatable bonds is 3. The highest BCUT2D eigenvalue weighted by Gasteiger charge is 2.55. The maximum Gasteiger partial charge on any atom is 0.134 e. The van der Waals surface area contributed by atoms with Gasteiger partial charge in [-0.1, -0.05) is 115 Å². The van der Waals surface area contributed by atoms with Gasteiger partial charge in [-0.05, 0) is 84.9 Å². The molecule has 0 radical (unpaired) electrons. The van der Waals surface area contributed by atoms with Gasteiger partial charge in [0, 0.05) is 72.7 Å². The van der Waals surface area contributed by atoms with E-state index in [-0.39, 0.29) is 0 Å². The summed E-state index contributed by atoms with van der Waals surface area (Å²) in [6.45, 7) is 0. The van der Waals surface area contributed by atoms with Crippen molar-refractivity contribution in [1.29, 1.82) is 0 Å². The van der Waals surface area contributed by atoms with E-state index in [1.54, 1.807) is 0 Å². The van der Waals surface area contributed by atoms with Crippen LogP contribution in [0.15, 0.2) is 213 Å². The van der Waals surface area contributed by atoms with Crippen LogP contribution in [0.3, 0.4) is 0 Å². The lowest BCUT2D eigenvalue weighted by Crippen LogP contribution is -2.35. The lowest BCUT2D eigenvalue weighted by atomic mass is 9.65. The number of para-hydroxylation sites is 5. The summed E-state index contributed by atoms with van der Waals surface area (Å²) in [7, 11) is 0. The Morgan fingerprint density at radius 3 is 1.20 bits per heavy atom. The van der Waals surface area contributed by atoms with Gasteiger partial charge in [-0.25, -0.2) is 0 Å². The molecule has 0 saturated carbocycles. The van der Waals surface area contributed by atoms with Crippen LogP contribution in [-0.2, 0) is 5.41 Å². The fourth-order valence-corrected chi connectivity index (χ4v) is 11.8. The zero-order chi connectivity index (χ0) is 42.4. The molecule has 1 aliphatic heterocycles. The lowest BCUT2D eigenvalue weighted by Gasteiger charge is -2.41. The van der Waals surface area contributed by atoms with Gasteiger partial charge in [-0.15, -0.1) is 0 Å². The van der Waals surface area contributed by atoms with Crippen LogP contribution in [0.1, 0.15) is 22.3 Å². The molecule has 0 amide bonds.